The Morgan fingerprint density at radius 1 is 1.55 bits per heavy atom. The van der Waals surface area contributed by atoms with Crippen LogP contribution in [0.15, 0.2) is 0 Å². The highest BCUT2D eigenvalue weighted by atomic mass is 16.5. The van der Waals surface area contributed by atoms with Crippen molar-refractivity contribution < 1.29 is 9.84 Å². The zero-order valence-corrected chi connectivity index (χ0v) is 6.57. The van der Waals surface area contributed by atoms with Gasteiger partial charge in [-0.15, -0.1) is 0 Å². The average Bonchev–Trinajstić information content (AvgIpc) is 2.62. The molecule has 2 aliphatic heterocycles. The molecule has 0 aliphatic carbocycles. The Bertz CT molecular complexity index is 151. The highest BCUT2D eigenvalue weighted by Gasteiger charge is 2.43. The maximum atomic E-state index is 9.47. The van der Waals surface area contributed by atoms with Gasteiger partial charge in [0.15, 0.2) is 0 Å². The second-order valence-electron chi connectivity index (χ2n) is 3.58. The Labute approximate surface area is 66.5 Å². The lowest BCUT2D eigenvalue weighted by Gasteiger charge is -2.22. The van der Waals surface area contributed by atoms with Crippen LogP contribution in [0.1, 0.15) is 19.3 Å². The number of fused-ring (bicyclic) bond motifs is 2. The van der Waals surface area contributed by atoms with E-state index in [4.69, 9.17) is 10.5 Å². The van der Waals surface area contributed by atoms with E-state index in [2.05, 4.69) is 0 Å². The normalized spacial score (nSPS) is 44.7. The first-order chi connectivity index (χ1) is 5.31. The molecule has 2 saturated heterocycles. The van der Waals surface area contributed by atoms with E-state index in [-0.39, 0.29) is 6.10 Å². The molecule has 3 nitrogen and oxygen atoms in total. The molecule has 0 saturated carbocycles. The molecule has 2 heterocycles. The summed E-state index contributed by atoms with van der Waals surface area (Å²) in [6.07, 6.45) is 3.70. The molecule has 0 aromatic heterocycles. The Morgan fingerprint density at radius 2 is 2.36 bits per heavy atom. The minimum absolute atomic E-state index is 0.304. The fourth-order valence-corrected chi connectivity index (χ4v) is 2.26. The van der Waals surface area contributed by atoms with Gasteiger partial charge in [-0.05, 0) is 19.3 Å². The highest BCUT2D eigenvalue weighted by Crippen LogP contribution is 2.40. The van der Waals surface area contributed by atoms with Crippen molar-refractivity contribution in [3.8, 4) is 0 Å². The number of aliphatic hydroxyl groups excluding tert-OH is 1. The van der Waals surface area contributed by atoms with E-state index < -0.39 is 0 Å². The quantitative estimate of drug-likeness (QED) is 0.587. The number of hydrogen-bond acceptors (Lipinski definition) is 3. The fraction of sp³-hybridized carbons (Fsp3) is 1.00. The second kappa shape index (κ2) is 2.73. The molecule has 2 rings (SSSR count). The Kier molecular flexibility index (Phi) is 1.87. The zero-order chi connectivity index (χ0) is 7.84. The van der Waals surface area contributed by atoms with E-state index in [0.717, 1.165) is 12.8 Å². The lowest BCUT2D eigenvalue weighted by Crippen LogP contribution is -2.34. The first kappa shape index (κ1) is 7.53. The minimum atomic E-state index is -0.342. The summed E-state index contributed by atoms with van der Waals surface area (Å²) in [6, 6.07) is 0. The molecule has 0 amide bonds. The summed E-state index contributed by atoms with van der Waals surface area (Å²) < 4.78 is 5.59. The zero-order valence-electron chi connectivity index (χ0n) is 6.57. The van der Waals surface area contributed by atoms with Crippen molar-refractivity contribution in [1.82, 2.24) is 0 Å². The van der Waals surface area contributed by atoms with Gasteiger partial charge >= 0.3 is 0 Å². The molecule has 4 atom stereocenters. The van der Waals surface area contributed by atoms with Gasteiger partial charge in [-0.2, -0.15) is 0 Å². The first-order valence-electron chi connectivity index (χ1n) is 4.35. The van der Waals surface area contributed by atoms with Gasteiger partial charge in [0.05, 0.1) is 18.3 Å². The van der Waals surface area contributed by atoms with Crippen LogP contribution in [-0.4, -0.2) is 30.0 Å². The molecule has 0 spiro atoms. The monoisotopic (exact) mass is 157 g/mol. The molecule has 0 aromatic carbocycles. The molecule has 64 valence electrons. The van der Waals surface area contributed by atoms with Gasteiger partial charge in [0.25, 0.3) is 0 Å². The standard InChI is InChI=1S/C8H15NO2/c9-4-7(10)6-3-5-1-2-8(6)11-5/h5-8,10H,1-4,9H2. The number of rotatable bonds is 2. The van der Waals surface area contributed by atoms with Crippen LogP contribution in [0, 0.1) is 5.92 Å². The summed E-state index contributed by atoms with van der Waals surface area (Å²) in [7, 11) is 0. The van der Waals surface area contributed by atoms with Crippen LogP contribution in [0.25, 0.3) is 0 Å². The number of aliphatic hydroxyl groups is 1. The maximum absolute atomic E-state index is 9.47. The van der Waals surface area contributed by atoms with Crippen molar-refractivity contribution in [2.45, 2.75) is 37.6 Å². The summed E-state index contributed by atoms with van der Waals surface area (Å²) >= 11 is 0. The van der Waals surface area contributed by atoms with Crippen LogP contribution in [0.3, 0.4) is 0 Å². The van der Waals surface area contributed by atoms with Gasteiger partial charge in [-0.1, -0.05) is 0 Å². The van der Waals surface area contributed by atoms with E-state index >= 15 is 0 Å². The summed E-state index contributed by atoms with van der Waals surface area (Å²) in [5, 5.41) is 9.47. The summed E-state index contributed by atoms with van der Waals surface area (Å²) in [4.78, 5) is 0. The molecule has 3 N–H and O–H groups in total. The van der Waals surface area contributed by atoms with Crippen molar-refractivity contribution in [2.75, 3.05) is 6.54 Å². The van der Waals surface area contributed by atoms with Crippen molar-refractivity contribution >= 4 is 0 Å². The predicted octanol–water partition coefficient (Wildman–Crippen LogP) is -0.127. The van der Waals surface area contributed by atoms with Crippen molar-refractivity contribution in [3.05, 3.63) is 0 Å². The van der Waals surface area contributed by atoms with Crippen molar-refractivity contribution in [2.24, 2.45) is 11.7 Å². The second-order valence-corrected chi connectivity index (χ2v) is 3.58. The van der Waals surface area contributed by atoms with Gasteiger partial charge in [0.1, 0.15) is 0 Å². The topological polar surface area (TPSA) is 55.5 Å². The Balaban J connectivity index is 1.96. The smallest absolute Gasteiger partial charge is 0.0716 e. The van der Waals surface area contributed by atoms with Crippen LogP contribution in [0.5, 0.6) is 0 Å². The molecule has 2 fully saturated rings. The predicted molar refractivity (Wildman–Crippen MR) is 41.1 cm³/mol. The molecule has 11 heavy (non-hydrogen) atoms. The van der Waals surface area contributed by atoms with Crippen molar-refractivity contribution in [1.29, 1.82) is 0 Å². The third-order valence-corrected chi connectivity index (χ3v) is 2.89. The minimum Gasteiger partial charge on any atom is -0.391 e. The van der Waals surface area contributed by atoms with Crippen molar-refractivity contribution in [3.63, 3.8) is 0 Å². The highest BCUT2D eigenvalue weighted by molar-refractivity contribution is 4.92. The first-order valence-corrected chi connectivity index (χ1v) is 4.35. The van der Waals surface area contributed by atoms with Crippen LogP contribution < -0.4 is 5.73 Å². The molecule has 2 aliphatic rings. The van der Waals surface area contributed by atoms with E-state index in [1.165, 1.54) is 6.42 Å². The molecule has 2 bridgehead atoms. The molecule has 0 aromatic rings. The van der Waals surface area contributed by atoms with E-state index in [9.17, 15) is 5.11 Å². The van der Waals surface area contributed by atoms with Gasteiger partial charge in [0, 0.05) is 12.5 Å². The van der Waals surface area contributed by atoms with Gasteiger partial charge in [-0.3, -0.25) is 0 Å². The van der Waals surface area contributed by atoms with Gasteiger partial charge < -0.3 is 15.6 Å². The average molecular weight is 157 g/mol. The third-order valence-electron chi connectivity index (χ3n) is 2.89. The van der Waals surface area contributed by atoms with E-state index in [1.54, 1.807) is 0 Å². The lowest BCUT2D eigenvalue weighted by molar-refractivity contribution is 0.0469. The molecular formula is C8H15NO2. The molecule has 4 unspecified atom stereocenters. The van der Waals surface area contributed by atoms with Crippen LogP contribution in [-0.2, 0) is 4.74 Å². The van der Waals surface area contributed by atoms with E-state index in [0.29, 0.717) is 24.7 Å². The Morgan fingerprint density at radius 3 is 2.82 bits per heavy atom. The largest absolute Gasteiger partial charge is 0.391 e. The molecule has 3 heteroatoms. The summed E-state index contributed by atoms with van der Waals surface area (Å²) in [5.41, 5.74) is 5.38. The van der Waals surface area contributed by atoms with Crippen LogP contribution in [0.4, 0.5) is 0 Å². The Hall–Kier alpha value is -0.120. The third kappa shape index (κ3) is 1.17. The van der Waals surface area contributed by atoms with Crippen LogP contribution in [0.2, 0.25) is 0 Å². The van der Waals surface area contributed by atoms with Gasteiger partial charge in [0.2, 0.25) is 0 Å². The SMILES string of the molecule is NCC(O)C1CC2CCC1O2. The maximum Gasteiger partial charge on any atom is 0.0716 e. The van der Waals surface area contributed by atoms with Crippen LogP contribution >= 0.6 is 0 Å². The van der Waals surface area contributed by atoms with E-state index in [1.807, 2.05) is 0 Å². The summed E-state index contributed by atoms with van der Waals surface area (Å²) in [5.74, 6) is 0.318. The summed E-state index contributed by atoms with van der Waals surface area (Å²) in [6.45, 7) is 0.372. The fourth-order valence-electron chi connectivity index (χ4n) is 2.26. The number of ether oxygens (including phenoxy) is 1. The lowest BCUT2D eigenvalue weighted by atomic mass is 9.85. The molecular weight excluding hydrogens is 142 g/mol. The number of nitrogens with two attached hydrogens (primary N) is 1. The van der Waals surface area contributed by atoms with Gasteiger partial charge in [-0.25, -0.2) is 0 Å². The molecule has 0 radical (unpaired) electrons. The number of hydrogen-bond donors (Lipinski definition) is 2.